The molecule has 0 aliphatic carbocycles. The number of para-hydroxylation sites is 1. The normalized spacial score (nSPS) is 17.2. The average Bonchev–Trinajstić information content (AvgIpc) is 2.99. The number of hydrogen-bond donors (Lipinski definition) is 0. The number of thioether (sulfide) groups is 1. The first kappa shape index (κ1) is 16.8. The summed E-state index contributed by atoms with van der Waals surface area (Å²) in [7, 11) is 0. The quantitative estimate of drug-likeness (QED) is 0.509. The monoisotopic (exact) mass is 372 g/mol. The van der Waals surface area contributed by atoms with Crippen molar-refractivity contribution < 1.29 is 4.74 Å². The van der Waals surface area contributed by atoms with Crippen LogP contribution >= 0.6 is 23.1 Å². The molecule has 4 rings (SSSR count). The Bertz CT molecular complexity index is 976. The van der Waals surface area contributed by atoms with Gasteiger partial charge in [0.2, 0.25) is 0 Å². The van der Waals surface area contributed by atoms with E-state index >= 15 is 0 Å². The second kappa shape index (κ2) is 6.59. The number of thiophene rings is 1. The third kappa shape index (κ3) is 2.82. The van der Waals surface area contributed by atoms with Gasteiger partial charge in [-0.25, -0.2) is 4.98 Å². The van der Waals surface area contributed by atoms with Crippen LogP contribution in [0.25, 0.3) is 15.9 Å². The Morgan fingerprint density at radius 3 is 2.76 bits per heavy atom. The number of benzene rings is 1. The summed E-state index contributed by atoms with van der Waals surface area (Å²) in [5, 5.41) is 1.50. The van der Waals surface area contributed by atoms with Gasteiger partial charge in [-0.2, -0.15) is 0 Å². The summed E-state index contributed by atoms with van der Waals surface area (Å²) < 4.78 is 7.71. The number of aromatic nitrogens is 2. The van der Waals surface area contributed by atoms with E-state index in [2.05, 4.69) is 13.8 Å². The Labute approximate surface area is 154 Å². The predicted molar refractivity (Wildman–Crippen MR) is 104 cm³/mol. The van der Waals surface area contributed by atoms with Crippen LogP contribution in [0.3, 0.4) is 0 Å². The fraction of sp³-hybridized carbons (Fsp3) is 0.368. The fourth-order valence-corrected chi connectivity index (χ4v) is 5.00. The van der Waals surface area contributed by atoms with Crippen molar-refractivity contribution in [2.45, 2.75) is 38.1 Å². The highest BCUT2D eigenvalue weighted by molar-refractivity contribution is 7.98. The maximum Gasteiger partial charge on any atom is 0.267 e. The Morgan fingerprint density at radius 1 is 1.32 bits per heavy atom. The molecule has 0 amide bonds. The van der Waals surface area contributed by atoms with Crippen LogP contribution in [0.4, 0.5) is 0 Å². The number of nitrogens with zero attached hydrogens (tertiary/aromatic N) is 2. The fourth-order valence-electron chi connectivity index (χ4n) is 3.28. The molecular formula is C19H20N2O2S2. The zero-order valence-electron chi connectivity index (χ0n) is 14.5. The van der Waals surface area contributed by atoms with Gasteiger partial charge < -0.3 is 4.74 Å². The summed E-state index contributed by atoms with van der Waals surface area (Å²) in [6, 6.07) is 9.75. The van der Waals surface area contributed by atoms with Crippen LogP contribution < -0.4 is 5.56 Å². The van der Waals surface area contributed by atoms with Crippen molar-refractivity contribution >= 4 is 33.3 Å². The molecule has 1 aromatic carbocycles. The van der Waals surface area contributed by atoms with Crippen molar-refractivity contribution in [1.29, 1.82) is 0 Å². The first-order valence-electron chi connectivity index (χ1n) is 8.38. The third-order valence-electron chi connectivity index (χ3n) is 4.65. The number of rotatable bonds is 3. The molecule has 0 spiro atoms. The highest BCUT2D eigenvalue weighted by Crippen LogP contribution is 2.36. The molecule has 1 atom stereocenters. The van der Waals surface area contributed by atoms with Crippen LogP contribution in [0.5, 0.6) is 0 Å². The molecule has 130 valence electrons. The van der Waals surface area contributed by atoms with Crippen LogP contribution in [0.2, 0.25) is 0 Å². The number of fused-ring (bicyclic) bond motifs is 3. The molecule has 25 heavy (non-hydrogen) atoms. The Kier molecular flexibility index (Phi) is 4.43. The van der Waals surface area contributed by atoms with Gasteiger partial charge in [0.15, 0.2) is 5.16 Å². The first-order chi connectivity index (χ1) is 12.1. The van der Waals surface area contributed by atoms with E-state index in [0.717, 1.165) is 37.9 Å². The highest BCUT2D eigenvalue weighted by Gasteiger charge is 2.28. The molecule has 0 saturated heterocycles. The molecule has 1 aliphatic rings. The zero-order valence-corrected chi connectivity index (χ0v) is 16.1. The predicted octanol–water partition coefficient (Wildman–Crippen LogP) is 4.27. The first-order valence-corrected chi connectivity index (χ1v) is 10.4. The lowest BCUT2D eigenvalue weighted by Gasteiger charge is -2.26. The van der Waals surface area contributed by atoms with Crippen molar-refractivity contribution in [3.05, 3.63) is 51.1 Å². The lowest BCUT2D eigenvalue weighted by atomic mass is 9.96. The summed E-state index contributed by atoms with van der Waals surface area (Å²) in [5.41, 5.74) is 2.03. The second-order valence-electron chi connectivity index (χ2n) is 6.56. The highest BCUT2D eigenvalue weighted by atomic mass is 32.2. The Morgan fingerprint density at radius 2 is 2.08 bits per heavy atom. The van der Waals surface area contributed by atoms with Crippen molar-refractivity contribution in [2.24, 2.45) is 5.92 Å². The molecule has 0 N–H and O–H groups in total. The Hall–Kier alpha value is -1.63. The van der Waals surface area contributed by atoms with Crippen molar-refractivity contribution in [3.8, 4) is 5.69 Å². The second-order valence-corrected chi connectivity index (χ2v) is 8.41. The van der Waals surface area contributed by atoms with Gasteiger partial charge in [0, 0.05) is 11.3 Å². The van der Waals surface area contributed by atoms with E-state index in [1.807, 2.05) is 36.6 Å². The average molecular weight is 373 g/mol. The van der Waals surface area contributed by atoms with Crippen molar-refractivity contribution in [3.63, 3.8) is 0 Å². The van der Waals surface area contributed by atoms with Gasteiger partial charge in [0.1, 0.15) is 4.83 Å². The molecule has 3 heterocycles. The van der Waals surface area contributed by atoms with E-state index in [0.29, 0.717) is 12.5 Å². The van der Waals surface area contributed by atoms with E-state index in [1.54, 1.807) is 15.9 Å². The van der Waals surface area contributed by atoms with E-state index in [-0.39, 0.29) is 11.7 Å². The lowest BCUT2D eigenvalue weighted by molar-refractivity contribution is 0.00200. The molecule has 6 heteroatoms. The molecular weight excluding hydrogens is 352 g/mol. The molecule has 0 unspecified atom stereocenters. The van der Waals surface area contributed by atoms with Crippen LogP contribution in [-0.2, 0) is 17.8 Å². The summed E-state index contributed by atoms with van der Waals surface area (Å²) in [5.74, 6) is 0.429. The molecule has 3 aromatic rings. The van der Waals surface area contributed by atoms with Gasteiger partial charge in [0.25, 0.3) is 5.56 Å². The molecule has 0 saturated carbocycles. The van der Waals surface area contributed by atoms with Gasteiger partial charge in [-0.1, -0.05) is 43.8 Å². The van der Waals surface area contributed by atoms with Crippen LogP contribution in [0.1, 0.15) is 24.3 Å². The zero-order chi connectivity index (χ0) is 17.6. The minimum absolute atomic E-state index is 0.0301. The minimum atomic E-state index is 0.0301. The molecule has 0 fully saturated rings. The smallest absolute Gasteiger partial charge is 0.267 e. The molecule has 0 radical (unpaired) electrons. The lowest BCUT2D eigenvalue weighted by Crippen LogP contribution is -2.28. The van der Waals surface area contributed by atoms with Crippen LogP contribution in [0.15, 0.2) is 40.3 Å². The summed E-state index contributed by atoms with van der Waals surface area (Å²) in [4.78, 5) is 20.2. The van der Waals surface area contributed by atoms with Crippen LogP contribution in [0, 0.1) is 5.92 Å². The van der Waals surface area contributed by atoms with Crippen LogP contribution in [-0.4, -0.2) is 21.9 Å². The van der Waals surface area contributed by atoms with Crippen molar-refractivity contribution in [1.82, 2.24) is 9.55 Å². The summed E-state index contributed by atoms with van der Waals surface area (Å²) in [6.45, 7) is 4.91. The maximum absolute atomic E-state index is 13.4. The van der Waals surface area contributed by atoms with Gasteiger partial charge >= 0.3 is 0 Å². The standard InChI is InChI=1S/C19H20N2O2S2/c1-11(2)14-9-13-15(10-23-14)25-17-16(13)18(22)21(19(20-17)24-3)12-7-5-4-6-8-12/h4-8,11,14H,9-10H2,1-3H3/t14-/m1/s1. The topological polar surface area (TPSA) is 44.1 Å². The van der Waals surface area contributed by atoms with Crippen molar-refractivity contribution in [2.75, 3.05) is 6.26 Å². The largest absolute Gasteiger partial charge is 0.372 e. The molecule has 0 bridgehead atoms. The Balaban J connectivity index is 1.98. The molecule has 1 aliphatic heterocycles. The van der Waals surface area contributed by atoms with Gasteiger partial charge in [0.05, 0.1) is 23.8 Å². The molecule has 4 nitrogen and oxygen atoms in total. The van der Waals surface area contributed by atoms with Gasteiger partial charge in [-0.3, -0.25) is 9.36 Å². The molecule has 2 aromatic heterocycles. The number of hydrogen-bond acceptors (Lipinski definition) is 5. The van der Waals surface area contributed by atoms with E-state index in [4.69, 9.17) is 9.72 Å². The van der Waals surface area contributed by atoms with E-state index < -0.39 is 0 Å². The summed E-state index contributed by atoms with van der Waals surface area (Å²) in [6.07, 6.45) is 2.91. The minimum Gasteiger partial charge on any atom is -0.372 e. The van der Waals surface area contributed by atoms with Gasteiger partial charge in [-0.15, -0.1) is 11.3 Å². The third-order valence-corrected chi connectivity index (χ3v) is 6.39. The number of ether oxygens (including phenoxy) is 1. The van der Waals surface area contributed by atoms with Gasteiger partial charge in [-0.05, 0) is 29.9 Å². The summed E-state index contributed by atoms with van der Waals surface area (Å²) >= 11 is 3.10. The van der Waals surface area contributed by atoms with E-state index in [1.165, 1.54) is 11.8 Å². The maximum atomic E-state index is 13.4. The SMILES string of the molecule is CSc1nc2sc3c(c2c(=O)n1-c1ccccc1)C[C@H](C(C)C)OC3. The van der Waals surface area contributed by atoms with E-state index in [9.17, 15) is 4.79 Å².